The third kappa shape index (κ3) is 3.43. The average Bonchev–Trinajstić information content (AvgIpc) is 2.62. The van der Waals surface area contributed by atoms with E-state index in [1.807, 2.05) is 11.8 Å². The van der Waals surface area contributed by atoms with E-state index in [9.17, 15) is 9.59 Å². The maximum absolute atomic E-state index is 12.5. The maximum atomic E-state index is 12.5. The lowest BCUT2D eigenvalue weighted by Gasteiger charge is -2.37. The fourth-order valence-corrected chi connectivity index (χ4v) is 3.22. The minimum Gasteiger partial charge on any atom is -0.337 e. The molecule has 0 aliphatic carbocycles. The van der Waals surface area contributed by atoms with Crippen molar-refractivity contribution in [2.45, 2.75) is 32.2 Å². The van der Waals surface area contributed by atoms with Gasteiger partial charge >= 0.3 is 11.8 Å². The Morgan fingerprint density at radius 3 is 2.35 bits per heavy atom. The van der Waals surface area contributed by atoms with Crippen LogP contribution < -0.4 is 4.90 Å². The molecule has 23 heavy (non-hydrogen) atoms. The van der Waals surface area contributed by atoms with Crippen LogP contribution in [0.15, 0.2) is 18.5 Å². The molecule has 0 bridgehead atoms. The first kappa shape index (κ1) is 15.7. The topological polar surface area (TPSA) is 69.6 Å². The van der Waals surface area contributed by atoms with Gasteiger partial charge in [0.25, 0.3) is 0 Å². The van der Waals surface area contributed by atoms with Crippen LogP contribution in [0.25, 0.3) is 0 Å². The highest BCUT2D eigenvalue weighted by Gasteiger charge is 2.33. The molecule has 2 aliphatic heterocycles. The van der Waals surface area contributed by atoms with Crippen LogP contribution in [0.5, 0.6) is 0 Å². The van der Waals surface area contributed by atoms with Crippen molar-refractivity contribution in [1.29, 1.82) is 0 Å². The smallest absolute Gasteiger partial charge is 0.312 e. The number of nitrogens with zero attached hydrogens (tertiary/aromatic N) is 5. The first-order chi connectivity index (χ1) is 11.2. The summed E-state index contributed by atoms with van der Waals surface area (Å²) in [4.78, 5) is 38.8. The van der Waals surface area contributed by atoms with Gasteiger partial charge in [0.15, 0.2) is 0 Å². The Balaban J connectivity index is 1.56. The Kier molecular flexibility index (Phi) is 4.73. The van der Waals surface area contributed by atoms with E-state index >= 15 is 0 Å². The van der Waals surface area contributed by atoms with Gasteiger partial charge in [-0.2, -0.15) is 0 Å². The molecule has 0 saturated carbocycles. The molecule has 7 nitrogen and oxygen atoms in total. The second-order valence-electron chi connectivity index (χ2n) is 6.17. The Morgan fingerprint density at radius 2 is 1.70 bits per heavy atom. The van der Waals surface area contributed by atoms with Gasteiger partial charge in [-0.1, -0.05) is 0 Å². The summed E-state index contributed by atoms with van der Waals surface area (Å²) in [5.74, 6) is -0.0374. The lowest BCUT2D eigenvalue weighted by Crippen LogP contribution is -2.55. The van der Waals surface area contributed by atoms with Crippen molar-refractivity contribution in [3.63, 3.8) is 0 Å². The van der Waals surface area contributed by atoms with Crippen LogP contribution in [0.1, 0.15) is 26.2 Å². The molecule has 7 heteroatoms. The number of anilines is 1. The number of carbonyl (C=O) groups excluding carboxylic acids is 2. The summed E-state index contributed by atoms with van der Waals surface area (Å²) in [5, 5.41) is 0. The molecule has 0 spiro atoms. The van der Waals surface area contributed by atoms with Gasteiger partial charge in [-0.15, -0.1) is 0 Å². The quantitative estimate of drug-likeness (QED) is 0.707. The van der Waals surface area contributed by atoms with E-state index in [2.05, 4.69) is 9.97 Å². The number of carbonyl (C=O) groups is 2. The first-order valence-electron chi connectivity index (χ1n) is 8.28. The number of piperidine rings is 1. The maximum Gasteiger partial charge on any atom is 0.312 e. The summed E-state index contributed by atoms with van der Waals surface area (Å²) in [7, 11) is 0. The molecule has 2 fully saturated rings. The number of aromatic nitrogens is 2. The van der Waals surface area contributed by atoms with E-state index in [-0.39, 0.29) is 17.9 Å². The first-order valence-corrected chi connectivity index (χ1v) is 8.28. The van der Waals surface area contributed by atoms with E-state index < -0.39 is 0 Å². The summed E-state index contributed by atoms with van der Waals surface area (Å²) in [6.45, 7) is 5.09. The standard InChI is InChI=1S/C16H23N5O2/c1-13-5-2-3-8-21(13)15(23)14(22)19-9-11-20(12-10-19)16-17-6-4-7-18-16/h4,6-7,13H,2-3,5,8-12H2,1H3. The zero-order valence-electron chi connectivity index (χ0n) is 13.5. The predicted octanol–water partition coefficient (Wildman–Crippen LogP) is 0.526. The number of hydrogen-bond donors (Lipinski definition) is 0. The van der Waals surface area contributed by atoms with Gasteiger partial charge in [0.2, 0.25) is 5.95 Å². The minimum absolute atomic E-state index is 0.166. The molecule has 0 radical (unpaired) electrons. The van der Waals surface area contributed by atoms with Crippen LogP contribution in [0.3, 0.4) is 0 Å². The number of likely N-dealkylation sites (tertiary alicyclic amines) is 1. The van der Waals surface area contributed by atoms with E-state index in [0.717, 1.165) is 19.3 Å². The van der Waals surface area contributed by atoms with Crippen molar-refractivity contribution < 1.29 is 9.59 Å². The van der Waals surface area contributed by atoms with Crippen LogP contribution in [0.4, 0.5) is 5.95 Å². The number of rotatable bonds is 1. The SMILES string of the molecule is CC1CCCCN1C(=O)C(=O)N1CCN(c2ncccn2)CC1. The largest absolute Gasteiger partial charge is 0.337 e. The zero-order chi connectivity index (χ0) is 16.2. The Labute approximate surface area is 136 Å². The number of piperazine rings is 1. The summed E-state index contributed by atoms with van der Waals surface area (Å²) >= 11 is 0. The minimum atomic E-state index is -0.368. The molecule has 3 rings (SSSR count). The van der Waals surface area contributed by atoms with Crippen LogP contribution in [0.2, 0.25) is 0 Å². The van der Waals surface area contributed by atoms with Crippen molar-refractivity contribution >= 4 is 17.8 Å². The van der Waals surface area contributed by atoms with E-state index in [0.29, 0.717) is 38.7 Å². The fourth-order valence-electron chi connectivity index (χ4n) is 3.22. The Morgan fingerprint density at radius 1 is 1.00 bits per heavy atom. The normalized spacial score (nSPS) is 22.1. The third-order valence-corrected chi connectivity index (χ3v) is 4.65. The van der Waals surface area contributed by atoms with Gasteiger partial charge in [0.1, 0.15) is 0 Å². The van der Waals surface area contributed by atoms with Crippen LogP contribution in [0, 0.1) is 0 Å². The second kappa shape index (κ2) is 6.93. The monoisotopic (exact) mass is 317 g/mol. The lowest BCUT2D eigenvalue weighted by atomic mass is 10.0. The van der Waals surface area contributed by atoms with Crippen molar-refractivity contribution in [3.05, 3.63) is 18.5 Å². The Bertz CT molecular complexity index is 557. The lowest BCUT2D eigenvalue weighted by molar-refractivity contribution is -0.154. The van der Waals surface area contributed by atoms with Gasteiger partial charge in [0, 0.05) is 51.2 Å². The van der Waals surface area contributed by atoms with Gasteiger partial charge in [-0.05, 0) is 32.3 Å². The molecule has 124 valence electrons. The molecule has 0 N–H and O–H groups in total. The van der Waals surface area contributed by atoms with Crippen LogP contribution in [-0.2, 0) is 9.59 Å². The van der Waals surface area contributed by atoms with Gasteiger partial charge < -0.3 is 14.7 Å². The van der Waals surface area contributed by atoms with Crippen LogP contribution in [-0.4, -0.2) is 70.3 Å². The highest BCUT2D eigenvalue weighted by Crippen LogP contribution is 2.17. The molecule has 2 aliphatic rings. The van der Waals surface area contributed by atoms with E-state index in [1.54, 1.807) is 28.3 Å². The molecular formula is C16H23N5O2. The molecule has 1 atom stereocenters. The second-order valence-corrected chi connectivity index (χ2v) is 6.17. The molecule has 0 aromatic carbocycles. The van der Waals surface area contributed by atoms with Gasteiger partial charge in [-0.25, -0.2) is 9.97 Å². The van der Waals surface area contributed by atoms with Crippen molar-refractivity contribution in [3.8, 4) is 0 Å². The predicted molar refractivity (Wildman–Crippen MR) is 85.9 cm³/mol. The average molecular weight is 317 g/mol. The molecular weight excluding hydrogens is 294 g/mol. The van der Waals surface area contributed by atoms with Crippen molar-refractivity contribution in [2.24, 2.45) is 0 Å². The highest BCUT2D eigenvalue weighted by atomic mass is 16.2. The Hall–Kier alpha value is -2.18. The summed E-state index contributed by atoms with van der Waals surface area (Å²) in [6, 6.07) is 1.95. The summed E-state index contributed by atoms with van der Waals surface area (Å²) < 4.78 is 0. The fraction of sp³-hybridized carbons (Fsp3) is 0.625. The zero-order valence-corrected chi connectivity index (χ0v) is 13.5. The summed E-state index contributed by atoms with van der Waals surface area (Å²) in [5.41, 5.74) is 0. The summed E-state index contributed by atoms with van der Waals surface area (Å²) in [6.07, 6.45) is 6.53. The van der Waals surface area contributed by atoms with E-state index in [4.69, 9.17) is 0 Å². The number of hydrogen-bond acceptors (Lipinski definition) is 5. The molecule has 2 saturated heterocycles. The third-order valence-electron chi connectivity index (χ3n) is 4.65. The highest BCUT2D eigenvalue weighted by molar-refractivity contribution is 6.35. The van der Waals surface area contributed by atoms with Crippen molar-refractivity contribution in [1.82, 2.24) is 19.8 Å². The van der Waals surface area contributed by atoms with Crippen LogP contribution >= 0.6 is 0 Å². The van der Waals surface area contributed by atoms with E-state index in [1.165, 1.54) is 0 Å². The molecule has 2 amide bonds. The molecule has 1 aromatic rings. The molecule has 1 aromatic heterocycles. The number of amides is 2. The van der Waals surface area contributed by atoms with Gasteiger partial charge in [-0.3, -0.25) is 9.59 Å². The molecule has 3 heterocycles. The molecule has 1 unspecified atom stereocenters. The van der Waals surface area contributed by atoms with Crippen molar-refractivity contribution in [2.75, 3.05) is 37.6 Å². The van der Waals surface area contributed by atoms with Gasteiger partial charge in [0.05, 0.1) is 0 Å².